The standard InChI is InChI=1S/C11H8ClFN2O3/c1-18-11(17)10-7(12)4-6(5-8(10)13)15-9(16)2-3-14/h4-5H,2H2,1H3,(H,15,16). The summed E-state index contributed by atoms with van der Waals surface area (Å²) in [4.78, 5) is 22.3. The number of ether oxygens (including phenoxy) is 1. The summed E-state index contributed by atoms with van der Waals surface area (Å²) < 4.78 is 17.9. The molecule has 1 aromatic carbocycles. The lowest BCUT2D eigenvalue weighted by Gasteiger charge is -2.08. The summed E-state index contributed by atoms with van der Waals surface area (Å²) in [6.07, 6.45) is -0.363. The molecule has 1 N–H and O–H groups in total. The Labute approximate surface area is 107 Å². The lowest BCUT2D eigenvalue weighted by molar-refractivity contribution is -0.115. The molecular formula is C11H8ClFN2O3. The summed E-state index contributed by atoms with van der Waals surface area (Å²) in [5.74, 6) is -2.42. The predicted octanol–water partition coefficient (Wildman–Crippen LogP) is 2.12. The van der Waals surface area contributed by atoms with E-state index in [9.17, 15) is 14.0 Å². The molecule has 0 radical (unpaired) electrons. The molecule has 0 saturated heterocycles. The Balaban J connectivity index is 3.04. The first-order valence-electron chi connectivity index (χ1n) is 4.73. The molecule has 0 aromatic heterocycles. The van der Waals surface area contributed by atoms with Crippen LogP contribution in [0.3, 0.4) is 0 Å². The number of nitrogens with one attached hydrogen (secondary N) is 1. The molecule has 7 heteroatoms. The van der Waals surface area contributed by atoms with Crippen molar-refractivity contribution in [3.05, 3.63) is 28.5 Å². The van der Waals surface area contributed by atoms with Gasteiger partial charge in [0.1, 0.15) is 17.8 Å². The molecule has 0 atom stereocenters. The van der Waals surface area contributed by atoms with Gasteiger partial charge in [-0.25, -0.2) is 9.18 Å². The third-order valence-corrected chi connectivity index (χ3v) is 2.25. The van der Waals surface area contributed by atoms with Gasteiger partial charge in [0.15, 0.2) is 0 Å². The maximum atomic E-state index is 13.6. The lowest BCUT2D eigenvalue weighted by atomic mass is 10.2. The van der Waals surface area contributed by atoms with Crippen LogP contribution in [0.1, 0.15) is 16.8 Å². The topological polar surface area (TPSA) is 79.2 Å². The van der Waals surface area contributed by atoms with Gasteiger partial charge in [0, 0.05) is 5.69 Å². The smallest absolute Gasteiger partial charge is 0.342 e. The van der Waals surface area contributed by atoms with E-state index in [1.165, 1.54) is 6.07 Å². The Morgan fingerprint density at radius 2 is 2.22 bits per heavy atom. The fourth-order valence-corrected chi connectivity index (χ4v) is 1.50. The summed E-state index contributed by atoms with van der Waals surface area (Å²) in [6, 6.07) is 3.77. The third kappa shape index (κ3) is 3.18. The Morgan fingerprint density at radius 1 is 1.56 bits per heavy atom. The minimum absolute atomic E-state index is 0.0606. The van der Waals surface area contributed by atoms with Crippen molar-refractivity contribution < 1.29 is 18.7 Å². The highest BCUT2D eigenvalue weighted by molar-refractivity contribution is 6.34. The molecule has 0 fully saturated rings. The molecule has 0 bridgehead atoms. The number of halogens is 2. The van der Waals surface area contributed by atoms with Gasteiger partial charge in [-0.2, -0.15) is 5.26 Å². The zero-order valence-corrected chi connectivity index (χ0v) is 10.0. The number of nitriles is 1. The molecule has 0 heterocycles. The summed E-state index contributed by atoms with van der Waals surface area (Å²) in [6.45, 7) is 0. The normalized spacial score (nSPS) is 9.44. The molecule has 1 amide bonds. The number of hydrogen-bond acceptors (Lipinski definition) is 4. The van der Waals surface area contributed by atoms with Gasteiger partial charge in [-0.3, -0.25) is 4.79 Å². The highest BCUT2D eigenvalue weighted by Gasteiger charge is 2.18. The number of benzene rings is 1. The van der Waals surface area contributed by atoms with E-state index in [1.54, 1.807) is 6.07 Å². The van der Waals surface area contributed by atoms with Crippen LogP contribution in [0.2, 0.25) is 5.02 Å². The van der Waals surface area contributed by atoms with E-state index in [-0.39, 0.29) is 17.1 Å². The van der Waals surface area contributed by atoms with Gasteiger partial charge in [0.2, 0.25) is 5.91 Å². The number of carbonyl (C=O) groups excluding carboxylic acids is 2. The van der Waals surface area contributed by atoms with Crippen LogP contribution in [0, 0.1) is 17.1 Å². The van der Waals surface area contributed by atoms with Gasteiger partial charge >= 0.3 is 5.97 Å². The summed E-state index contributed by atoms with van der Waals surface area (Å²) in [7, 11) is 1.10. The Hall–Kier alpha value is -2.13. The average molecular weight is 271 g/mol. The van der Waals surface area contributed by atoms with Crippen molar-refractivity contribution in [3.8, 4) is 6.07 Å². The van der Waals surface area contributed by atoms with E-state index >= 15 is 0 Å². The number of rotatable bonds is 3. The molecule has 0 aliphatic heterocycles. The van der Waals surface area contributed by atoms with Gasteiger partial charge in [-0.1, -0.05) is 11.6 Å². The van der Waals surface area contributed by atoms with Crippen LogP contribution >= 0.6 is 11.6 Å². The van der Waals surface area contributed by atoms with Crippen molar-refractivity contribution in [1.29, 1.82) is 5.26 Å². The SMILES string of the molecule is COC(=O)c1c(F)cc(NC(=O)CC#N)cc1Cl. The molecule has 0 spiro atoms. The molecule has 1 rings (SSSR count). The van der Waals surface area contributed by atoms with Crippen LogP contribution < -0.4 is 5.32 Å². The Morgan fingerprint density at radius 3 is 2.72 bits per heavy atom. The van der Waals surface area contributed by atoms with Gasteiger partial charge in [0.05, 0.1) is 18.2 Å². The molecule has 18 heavy (non-hydrogen) atoms. The van der Waals surface area contributed by atoms with Crippen molar-refractivity contribution in [2.24, 2.45) is 0 Å². The zero-order chi connectivity index (χ0) is 13.7. The second-order valence-corrected chi connectivity index (χ2v) is 3.60. The van der Waals surface area contributed by atoms with E-state index < -0.39 is 23.3 Å². The van der Waals surface area contributed by atoms with E-state index in [0.717, 1.165) is 13.2 Å². The first-order valence-corrected chi connectivity index (χ1v) is 5.11. The average Bonchev–Trinajstić information content (AvgIpc) is 2.27. The number of hydrogen-bond donors (Lipinski definition) is 1. The molecular weight excluding hydrogens is 263 g/mol. The lowest BCUT2D eigenvalue weighted by Crippen LogP contribution is -2.12. The van der Waals surface area contributed by atoms with Crippen molar-refractivity contribution >= 4 is 29.2 Å². The van der Waals surface area contributed by atoms with E-state index in [2.05, 4.69) is 10.1 Å². The van der Waals surface area contributed by atoms with E-state index in [4.69, 9.17) is 16.9 Å². The van der Waals surface area contributed by atoms with Gasteiger partial charge < -0.3 is 10.1 Å². The number of anilines is 1. The van der Waals surface area contributed by atoms with Crippen LogP contribution in [0.15, 0.2) is 12.1 Å². The number of methoxy groups -OCH3 is 1. The summed E-state index contributed by atoms with van der Waals surface area (Å²) in [5, 5.41) is 10.4. The van der Waals surface area contributed by atoms with Crippen molar-refractivity contribution in [2.75, 3.05) is 12.4 Å². The van der Waals surface area contributed by atoms with E-state index in [1.807, 2.05) is 0 Å². The van der Waals surface area contributed by atoms with Gasteiger partial charge in [-0.15, -0.1) is 0 Å². The number of amides is 1. The summed E-state index contributed by atoms with van der Waals surface area (Å²) >= 11 is 5.71. The molecule has 0 unspecified atom stereocenters. The fraction of sp³-hybridized carbons (Fsp3) is 0.182. The number of carbonyl (C=O) groups is 2. The monoisotopic (exact) mass is 270 g/mol. The second-order valence-electron chi connectivity index (χ2n) is 3.19. The summed E-state index contributed by atoms with van der Waals surface area (Å²) in [5.41, 5.74) is -0.345. The third-order valence-electron chi connectivity index (χ3n) is 1.95. The first-order chi connectivity index (χ1) is 8.49. The van der Waals surface area contributed by atoms with E-state index in [0.29, 0.717) is 0 Å². The van der Waals surface area contributed by atoms with Crippen LogP contribution in [0.4, 0.5) is 10.1 Å². The quantitative estimate of drug-likeness (QED) is 0.853. The van der Waals surface area contributed by atoms with Crippen molar-refractivity contribution in [3.63, 3.8) is 0 Å². The van der Waals surface area contributed by atoms with Crippen molar-refractivity contribution in [2.45, 2.75) is 6.42 Å². The second kappa shape index (κ2) is 5.98. The Kier molecular flexibility index (Phi) is 4.63. The zero-order valence-electron chi connectivity index (χ0n) is 9.29. The molecule has 5 nitrogen and oxygen atoms in total. The largest absolute Gasteiger partial charge is 0.465 e. The number of esters is 1. The minimum Gasteiger partial charge on any atom is -0.465 e. The first kappa shape index (κ1) is 13.9. The molecule has 1 aromatic rings. The van der Waals surface area contributed by atoms with Gasteiger partial charge in [0.25, 0.3) is 0 Å². The Bertz CT molecular complexity index is 517. The highest BCUT2D eigenvalue weighted by atomic mass is 35.5. The van der Waals surface area contributed by atoms with Crippen molar-refractivity contribution in [1.82, 2.24) is 0 Å². The van der Waals surface area contributed by atoms with Crippen LogP contribution in [0.25, 0.3) is 0 Å². The highest BCUT2D eigenvalue weighted by Crippen LogP contribution is 2.25. The molecule has 94 valence electrons. The van der Waals surface area contributed by atoms with Crippen LogP contribution in [0.5, 0.6) is 0 Å². The molecule has 0 aliphatic carbocycles. The molecule has 0 aliphatic rings. The minimum atomic E-state index is -0.915. The number of nitrogens with zero attached hydrogens (tertiary/aromatic N) is 1. The van der Waals surface area contributed by atoms with Crippen LogP contribution in [-0.4, -0.2) is 19.0 Å². The predicted molar refractivity (Wildman–Crippen MR) is 61.6 cm³/mol. The maximum absolute atomic E-state index is 13.6. The fourth-order valence-electron chi connectivity index (χ4n) is 1.22. The molecule has 0 saturated carbocycles. The maximum Gasteiger partial charge on any atom is 0.342 e. The van der Waals surface area contributed by atoms with Crippen LogP contribution in [-0.2, 0) is 9.53 Å². The van der Waals surface area contributed by atoms with Gasteiger partial charge in [-0.05, 0) is 12.1 Å².